The largest absolute Gasteiger partial charge is 0.369 e. The van der Waals surface area contributed by atoms with Gasteiger partial charge in [0.25, 0.3) is 5.91 Å². The van der Waals surface area contributed by atoms with Crippen molar-refractivity contribution in [3.8, 4) is 0 Å². The normalized spacial score (nSPS) is 20.3. The minimum absolute atomic E-state index is 0.176. The predicted molar refractivity (Wildman–Crippen MR) is 136 cm³/mol. The molecule has 1 N–H and O–H groups in total. The second kappa shape index (κ2) is 11.3. The first-order chi connectivity index (χ1) is 16.4. The maximum absolute atomic E-state index is 13.2. The van der Waals surface area contributed by atoms with Gasteiger partial charge in [-0.25, -0.2) is 8.42 Å². The molecule has 4 rings (SSSR count). The lowest BCUT2D eigenvalue weighted by atomic mass is 10.0. The number of likely N-dealkylation sites (tertiary alicyclic amines) is 1. The van der Waals surface area contributed by atoms with Gasteiger partial charge in [0.1, 0.15) is 0 Å². The van der Waals surface area contributed by atoms with Gasteiger partial charge < -0.3 is 15.1 Å². The third kappa shape index (κ3) is 5.98. The van der Waals surface area contributed by atoms with Crippen LogP contribution in [0.25, 0.3) is 0 Å². The summed E-state index contributed by atoms with van der Waals surface area (Å²) < 4.78 is 28.0. The van der Waals surface area contributed by atoms with Crippen molar-refractivity contribution in [1.29, 1.82) is 0 Å². The Morgan fingerprint density at radius 2 is 1.74 bits per heavy atom. The molecule has 0 unspecified atom stereocenters. The Labute approximate surface area is 203 Å². The Hall–Kier alpha value is -2.42. The summed E-state index contributed by atoms with van der Waals surface area (Å²) in [4.78, 5) is 17.5. The second-order valence-electron chi connectivity index (χ2n) is 9.24. The van der Waals surface area contributed by atoms with Crippen LogP contribution in [0.3, 0.4) is 0 Å². The molecule has 0 spiro atoms. The summed E-state index contributed by atoms with van der Waals surface area (Å²) in [5, 5.41) is 2.95. The summed E-state index contributed by atoms with van der Waals surface area (Å²) in [6, 6.07) is 17.1. The molecule has 7 nitrogen and oxygen atoms in total. The van der Waals surface area contributed by atoms with E-state index in [1.165, 1.54) is 29.6 Å². The first-order valence-corrected chi connectivity index (χ1v) is 13.8. The van der Waals surface area contributed by atoms with E-state index in [1.807, 2.05) is 30.3 Å². The number of nitrogens with zero attached hydrogens (tertiary/aromatic N) is 3. The van der Waals surface area contributed by atoms with Crippen LogP contribution in [-0.4, -0.2) is 75.4 Å². The number of piperidine rings is 1. The van der Waals surface area contributed by atoms with Crippen LogP contribution in [0.5, 0.6) is 0 Å². The first-order valence-electron chi connectivity index (χ1n) is 12.4. The van der Waals surface area contributed by atoms with Crippen LogP contribution in [0.4, 0.5) is 5.69 Å². The SMILES string of the molecule is C[C@H]1CCCCN1CCCNC(=O)c1cccc(S(=O)(=O)N2CCN(c3ccccc3)CC2)c1. The molecule has 2 heterocycles. The van der Waals surface area contributed by atoms with E-state index >= 15 is 0 Å². The Bertz CT molecular complexity index is 1050. The van der Waals surface area contributed by atoms with Crippen molar-refractivity contribution in [3.63, 3.8) is 0 Å². The number of para-hydroxylation sites is 1. The van der Waals surface area contributed by atoms with Gasteiger partial charge in [-0.3, -0.25) is 4.79 Å². The monoisotopic (exact) mass is 484 g/mol. The van der Waals surface area contributed by atoms with E-state index in [0.717, 1.165) is 25.2 Å². The van der Waals surface area contributed by atoms with Crippen molar-refractivity contribution in [2.45, 2.75) is 43.5 Å². The van der Waals surface area contributed by atoms with Gasteiger partial charge in [-0.15, -0.1) is 0 Å². The zero-order chi connectivity index (χ0) is 24.0. The molecule has 2 saturated heterocycles. The Kier molecular flexibility index (Phi) is 8.24. The molecule has 0 aromatic heterocycles. The fourth-order valence-corrected chi connectivity index (χ4v) is 6.32. The minimum atomic E-state index is -3.65. The molecule has 0 aliphatic carbocycles. The van der Waals surface area contributed by atoms with E-state index < -0.39 is 10.0 Å². The average Bonchev–Trinajstić information content (AvgIpc) is 2.88. The fraction of sp³-hybridized carbons (Fsp3) is 0.500. The predicted octanol–water partition coefficient (Wildman–Crippen LogP) is 3.19. The maximum Gasteiger partial charge on any atom is 0.251 e. The molecule has 0 radical (unpaired) electrons. The molecule has 34 heavy (non-hydrogen) atoms. The number of amides is 1. The van der Waals surface area contributed by atoms with Crippen LogP contribution < -0.4 is 10.2 Å². The lowest BCUT2D eigenvalue weighted by Crippen LogP contribution is -2.48. The summed E-state index contributed by atoms with van der Waals surface area (Å²) in [6.07, 6.45) is 4.68. The van der Waals surface area contributed by atoms with E-state index in [2.05, 4.69) is 22.0 Å². The molecule has 184 valence electrons. The van der Waals surface area contributed by atoms with E-state index in [1.54, 1.807) is 18.2 Å². The number of rotatable bonds is 8. The number of carbonyl (C=O) groups excluding carboxylic acids is 1. The van der Waals surface area contributed by atoms with Crippen LogP contribution in [0, 0.1) is 0 Å². The molecule has 2 aromatic rings. The zero-order valence-corrected chi connectivity index (χ0v) is 20.8. The Morgan fingerprint density at radius 1 is 0.971 bits per heavy atom. The van der Waals surface area contributed by atoms with Gasteiger partial charge in [0.2, 0.25) is 10.0 Å². The maximum atomic E-state index is 13.2. The molecular formula is C26H36N4O3S. The fourth-order valence-electron chi connectivity index (χ4n) is 4.85. The number of nitrogens with one attached hydrogen (secondary N) is 1. The molecule has 2 fully saturated rings. The van der Waals surface area contributed by atoms with Gasteiger partial charge in [-0.05, 0) is 63.1 Å². The van der Waals surface area contributed by atoms with E-state index in [4.69, 9.17) is 0 Å². The number of anilines is 1. The standard InChI is InChI=1S/C26H36N4O3S/c1-22-9-5-6-15-28(22)16-8-14-27-26(31)23-10-7-13-25(21-23)34(32,33)30-19-17-29(18-20-30)24-11-3-2-4-12-24/h2-4,7,10-13,21-22H,5-6,8-9,14-20H2,1H3,(H,27,31)/t22-/m0/s1. The van der Waals surface area contributed by atoms with Crippen LogP contribution in [0.1, 0.15) is 43.0 Å². The summed E-state index contributed by atoms with van der Waals surface area (Å²) in [7, 11) is -3.65. The smallest absolute Gasteiger partial charge is 0.251 e. The summed E-state index contributed by atoms with van der Waals surface area (Å²) in [5.74, 6) is -0.224. The summed E-state index contributed by atoms with van der Waals surface area (Å²) in [5.41, 5.74) is 1.49. The minimum Gasteiger partial charge on any atom is -0.369 e. The van der Waals surface area contributed by atoms with Gasteiger partial charge in [0.05, 0.1) is 4.90 Å². The average molecular weight is 485 g/mol. The van der Waals surface area contributed by atoms with E-state index in [9.17, 15) is 13.2 Å². The van der Waals surface area contributed by atoms with Gasteiger partial charge in [0, 0.05) is 56.6 Å². The second-order valence-corrected chi connectivity index (χ2v) is 11.2. The number of carbonyl (C=O) groups is 1. The van der Waals surface area contributed by atoms with Gasteiger partial charge >= 0.3 is 0 Å². The van der Waals surface area contributed by atoms with Crippen LogP contribution in [0.15, 0.2) is 59.5 Å². The van der Waals surface area contributed by atoms with Crippen molar-refractivity contribution >= 4 is 21.6 Å². The third-order valence-electron chi connectivity index (χ3n) is 6.94. The highest BCUT2D eigenvalue weighted by atomic mass is 32.2. The number of hydrogen-bond acceptors (Lipinski definition) is 5. The van der Waals surface area contributed by atoms with Gasteiger partial charge in [0.15, 0.2) is 0 Å². The lowest BCUT2D eigenvalue weighted by Gasteiger charge is -2.35. The first kappa shape index (κ1) is 24.7. The van der Waals surface area contributed by atoms with Crippen molar-refractivity contribution in [3.05, 3.63) is 60.2 Å². The molecule has 0 saturated carbocycles. The molecule has 2 aromatic carbocycles. The molecule has 2 aliphatic heterocycles. The number of hydrogen-bond donors (Lipinski definition) is 1. The topological polar surface area (TPSA) is 73.0 Å². The highest BCUT2D eigenvalue weighted by molar-refractivity contribution is 7.89. The molecule has 1 atom stereocenters. The Balaban J connectivity index is 1.30. The van der Waals surface area contributed by atoms with Crippen molar-refractivity contribution in [2.75, 3.05) is 50.7 Å². The van der Waals surface area contributed by atoms with Crippen molar-refractivity contribution in [2.24, 2.45) is 0 Å². The molecule has 1 amide bonds. The lowest BCUT2D eigenvalue weighted by molar-refractivity contribution is 0.0948. The van der Waals surface area contributed by atoms with E-state index in [-0.39, 0.29) is 10.8 Å². The number of piperazine rings is 1. The van der Waals surface area contributed by atoms with Crippen LogP contribution >= 0.6 is 0 Å². The third-order valence-corrected chi connectivity index (χ3v) is 8.84. The molecule has 0 bridgehead atoms. The zero-order valence-electron chi connectivity index (χ0n) is 20.0. The molecule has 2 aliphatic rings. The summed E-state index contributed by atoms with van der Waals surface area (Å²) in [6.45, 7) is 7.08. The Morgan fingerprint density at radius 3 is 2.47 bits per heavy atom. The summed E-state index contributed by atoms with van der Waals surface area (Å²) >= 11 is 0. The highest BCUT2D eigenvalue weighted by Gasteiger charge is 2.29. The van der Waals surface area contributed by atoms with E-state index in [0.29, 0.717) is 44.3 Å². The number of benzene rings is 2. The van der Waals surface area contributed by atoms with Gasteiger partial charge in [-0.1, -0.05) is 30.7 Å². The molecular weight excluding hydrogens is 448 g/mol. The quantitative estimate of drug-likeness (QED) is 0.583. The van der Waals surface area contributed by atoms with Crippen LogP contribution in [0.2, 0.25) is 0 Å². The highest BCUT2D eigenvalue weighted by Crippen LogP contribution is 2.22. The van der Waals surface area contributed by atoms with Gasteiger partial charge in [-0.2, -0.15) is 4.31 Å². The number of sulfonamides is 1. The van der Waals surface area contributed by atoms with Crippen molar-refractivity contribution in [1.82, 2.24) is 14.5 Å². The molecule has 8 heteroatoms. The van der Waals surface area contributed by atoms with Crippen LogP contribution in [-0.2, 0) is 10.0 Å². The van der Waals surface area contributed by atoms with Crippen molar-refractivity contribution < 1.29 is 13.2 Å².